The molecule has 35 heavy (non-hydrogen) atoms. The lowest BCUT2D eigenvalue weighted by molar-refractivity contribution is 0.0939. The number of benzene rings is 3. The number of piperidine rings is 1. The fourth-order valence-electron chi connectivity index (χ4n) is 4.55. The van der Waals surface area contributed by atoms with Gasteiger partial charge in [-0.05, 0) is 75.3 Å². The number of hydrogen-bond acceptors (Lipinski definition) is 4. The summed E-state index contributed by atoms with van der Waals surface area (Å²) in [7, 11) is 2.14. The van der Waals surface area contributed by atoms with Gasteiger partial charge in [-0.2, -0.15) is 5.10 Å². The number of carbonyl (C=O) groups is 1. The third kappa shape index (κ3) is 5.05. The largest absolute Gasteiger partial charge is 0.490 e. The summed E-state index contributed by atoms with van der Waals surface area (Å²) >= 11 is 0. The van der Waals surface area contributed by atoms with E-state index in [9.17, 15) is 9.18 Å². The van der Waals surface area contributed by atoms with Crippen molar-refractivity contribution in [1.29, 1.82) is 0 Å². The minimum atomic E-state index is -0.458. The number of rotatable bonds is 6. The maximum Gasteiger partial charge on any atom is 0.251 e. The highest BCUT2D eigenvalue weighted by Crippen LogP contribution is 2.29. The van der Waals surface area contributed by atoms with E-state index in [2.05, 4.69) is 27.5 Å². The fraction of sp³-hybridized carbons (Fsp3) is 0.286. The van der Waals surface area contributed by atoms with Crippen LogP contribution in [0.2, 0.25) is 0 Å². The van der Waals surface area contributed by atoms with Crippen LogP contribution in [-0.2, 0) is 0 Å². The third-order valence-electron chi connectivity index (χ3n) is 6.64. The molecule has 7 heteroatoms. The quantitative estimate of drug-likeness (QED) is 0.398. The Morgan fingerprint density at radius 2 is 1.86 bits per heavy atom. The minimum Gasteiger partial charge on any atom is -0.490 e. The number of nitrogens with zero attached hydrogens (tertiary/aromatic N) is 2. The molecule has 6 nitrogen and oxygen atoms in total. The van der Waals surface area contributed by atoms with E-state index in [0.717, 1.165) is 53.8 Å². The van der Waals surface area contributed by atoms with Crippen molar-refractivity contribution in [2.24, 2.45) is 0 Å². The average molecular weight is 473 g/mol. The highest BCUT2D eigenvalue weighted by Gasteiger charge is 2.19. The smallest absolute Gasteiger partial charge is 0.251 e. The number of hydrogen-bond donors (Lipinski definition) is 2. The Kier molecular flexibility index (Phi) is 6.51. The van der Waals surface area contributed by atoms with Crippen molar-refractivity contribution in [3.63, 3.8) is 0 Å². The molecule has 0 unspecified atom stereocenters. The van der Waals surface area contributed by atoms with Gasteiger partial charge in [-0.15, -0.1) is 0 Å². The van der Waals surface area contributed by atoms with Crippen LogP contribution in [0.1, 0.15) is 41.7 Å². The van der Waals surface area contributed by atoms with E-state index in [0.29, 0.717) is 11.1 Å². The van der Waals surface area contributed by atoms with Crippen LogP contribution in [0.3, 0.4) is 0 Å². The van der Waals surface area contributed by atoms with Crippen molar-refractivity contribution in [2.45, 2.75) is 31.9 Å². The lowest BCUT2D eigenvalue weighted by Gasteiger charge is -2.29. The standard InChI is InChI=1S/C28H29FN4O2/c1-18(23-5-3-4-6-25(23)29)30-28(34)20-9-12-26-24(17-20)27(32-31-26)19-7-10-21(11-8-19)35-22-13-15-33(2)16-14-22/h3-12,17-18,22H,13-16H2,1-2H3,(H,30,34)(H,31,32)/t18-/m1/s1. The molecule has 4 aromatic rings. The second-order valence-electron chi connectivity index (χ2n) is 9.19. The molecule has 1 atom stereocenters. The summed E-state index contributed by atoms with van der Waals surface area (Å²) in [6.45, 7) is 3.88. The zero-order chi connectivity index (χ0) is 24.4. The Balaban J connectivity index is 1.32. The number of nitrogens with one attached hydrogen (secondary N) is 2. The number of likely N-dealkylation sites (tertiary alicyclic amines) is 1. The number of halogens is 1. The lowest BCUT2D eigenvalue weighted by atomic mass is 10.0. The number of amides is 1. The third-order valence-corrected chi connectivity index (χ3v) is 6.64. The van der Waals surface area contributed by atoms with Gasteiger partial charge in [0.15, 0.2) is 0 Å². The molecule has 0 bridgehead atoms. The van der Waals surface area contributed by atoms with Crippen LogP contribution in [0.25, 0.3) is 22.2 Å². The van der Waals surface area contributed by atoms with Gasteiger partial charge < -0.3 is 15.0 Å². The number of carbonyl (C=O) groups excluding carboxylic acids is 1. The molecule has 2 heterocycles. The van der Waals surface area contributed by atoms with Crippen LogP contribution in [0.15, 0.2) is 66.7 Å². The molecular weight excluding hydrogens is 443 g/mol. The van der Waals surface area contributed by atoms with Crippen LogP contribution < -0.4 is 10.1 Å². The van der Waals surface area contributed by atoms with E-state index >= 15 is 0 Å². The lowest BCUT2D eigenvalue weighted by Crippen LogP contribution is -2.35. The molecule has 1 aliphatic heterocycles. The summed E-state index contributed by atoms with van der Waals surface area (Å²) in [5.41, 5.74) is 3.48. The summed E-state index contributed by atoms with van der Waals surface area (Å²) in [5.74, 6) is 0.248. The molecule has 1 aromatic heterocycles. The Hall–Kier alpha value is -3.71. The molecule has 1 fully saturated rings. The van der Waals surface area contributed by atoms with Gasteiger partial charge in [-0.3, -0.25) is 9.89 Å². The van der Waals surface area contributed by atoms with Gasteiger partial charge in [0.25, 0.3) is 5.91 Å². The average Bonchev–Trinajstić information content (AvgIpc) is 3.29. The molecule has 180 valence electrons. The van der Waals surface area contributed by atoms with Crippen molar-refractivity contribution < 1.29 is 13.9 Å². The van der Waals surface area contributed by atoms with Crippen LogP contribution >= 0.6 is 0 Å². The molecule has 2 N–H and O–H groups in total. The monoisotopic (exact) mass is 472 g/mol. The van der Waals surface area contributed by atoms with Crippen molar-refractivity contribution in [3.8, 4) is 17.0 Å². The number of aromatic amines is 1. The van der Waals surface area contributed by atoms with Gasteiger partial charge in [0.05, 0.1) is 17.3 Å². The first-order valence-corrected chi connectivity index (χ1v) is 12.0. The Morgan fingerprint density at radius 3 is 2.60 bits per heavy atom. The zero-order valence-corrected chi connectivity index (χ0v) is 19.9. The van der Waals surface area contributed by atoms with Crippen molar-refractivity contribution in [2.75, 3.05) is 20.1 Å². The van der Waals surface area contributed by atoms with E-state index < -0.39 is 6.04 Å². The van der Waals surface area contributed by atoms with Crippen LogP contribution in [0.4, 0.5) is 4.39 Å². The number of ether oxygens (including phenoxy) is 1. The number of H-pyrrole nitrogens is 1. The van der Waals surface area contributed by atoms with E-state index in [-0.39, 0.29) is 17.8 Å². The summed E-state index contributed by atoms with van der Waals surface area (Å²) in [6.07, 6.45) is 2.31. The van der Waals surface area contributed by atoms with Gasteiger partial charge in [-0.25, -0.2) is 4.39 Å². The normalized spacial score (nSPS) is 15.7. The van der Waals surface area contributed by atoms with Crippen LogP contribution in [-0.4, -0.2) is 47.2 Å². The summed E-state index contributed by atoms with van der Waals surface area (Å²) < 4.78 is 20.3. The number of aromatic nitrogens is 2. The topological polar surface area (TPSA) is 70.2 Å². The fourth-order valence-corrected chi connectivity index (χ4v) is 4.55. The predicted molar refractivity (Wildman–Crippen MR) is 135 cm³/mol. The molecule has 0 radical (unpaired) electrons. The summed E-state index contributed by atoms with van der Waals surface area (Å²) in [6, 6.07) is 19.3. The van der Waals surface area contributed by atoms with Gasteiger partial charge in [0.1, 0.15) is 17.7 Å². The van der Waals surface area contributed by atoms with Gasteiger partial charge in [-0.1, -0.05) is 18.2 Å². The zero-order valence-electron chi connectivity index (χ0n) is 19.9. The number of fused-ring (bicyclic) bond motifs is 1. The first-order valence-electron chi connectivity index (χ1n) is 12.0. The van der Waals surface area contributed by atoms with Crippen molar-refractivity contribution in [1.82, 2.24) is 20.4 Å². The van der Waals surface area contributed by atoms with Crippen molar-refractivity contribution in [3.05, 3.63) is 83.7 Å². The molecular formula is C28H29FN4O2. The maximum absolute atomic E-state index is 14.1. The van der Waals surface area contributed by atoms with Crippen LogP contribution in [0.5, 0.6) is 5.75 Å². The first-order chi connectivity index (χ1) is 17.0. The molecule has 0 spiro atoms. The van der Waals surface area contributed by atoms with Crippen LogP contribution in [0, 0.1) is 5.82 Å². The SMILES string of the molecule is C[C@@H](NC(=O)c1ccc2[nH]nc(-c3ccc(OC4CCN(C)CC4)cc3)c2c1)c1ccccc1F. The molecule has 1 amide bonds. The Morgan fingerprint density at radius 1 is 1.11 bits per heavy atom. The van der Waals surface area contributed by atoms with E-state index in [1.54, 1.807) is 31.2 Å². The summed E-state index contributed by atoms with van der Waals surface area (Å²) in [5, 5.41) is 11.3. The van der Waals surface area contributed by atoms with E-state index in [1.807, 2.05) is 36.4 Å². The van der Waals surface area contributed by atoms with E-state index in [1.165, 1.54) is 6.07 Å². The van der Waals surface area contributed by atoms with Gasteiger partial charge >= 0.3 is 0 Å². The highest BCUT2D eigenvalue weighted by atomic mass is 19.1. The molecule has 0 saturated carbocycles. The van der Waals surface area contributed by atoms with Gasteiger partial charge in [0.2, 0.25) is 0 Å². The van der Waals surface area contributed by atoms with Crippen molar-refractivity contribution >= 4 is 16.8 Å². The first kappa shape index (κ1) is 23.1. The maximum atomic E-state index is 14.1. The molecule has 1 aliphatic rings. The molecule has 5 rings (SSSR count). The highest BCUT2D eigenvalue weighted by molar-refractivity contribution is 6.01. The predicted octanol–water partition coefficient (Wildman–Crippen LogP) is 5.33. The second-order valence-corrected chi connectivity index (χ2v) is 9.19. The molecule has 0 aliphatic carbocycles. The van der Waals surface area contributed by atoms with Gasteiger partial charge in [0, 0.05) is 35.2 Å². The second kappa shape index (κ2) is 9.88. The Labute approximate surface area is 204 Å². The minimum absolute atomic E-state index is 0.246. The molecule has 1 saturated heterocycles. The van der Waals surface area contributed by atoms with E-state index in [4.69, 9.17) is 4.74 Å². The summed E-state index contributed by atoms with van der Waals surface area (Å²) in [4.78, 5) is 15.2. The Bertz CT molecular complexity index is 1330. The molecule has 3 aromatic carbocycles.